The average molecular weight is 289 g/mol. The first kappa shape index (κ1) is 16.4. The zero-order chi connectivity index (χ0) is 15.3. The molecule has 1 aromatic carbocycles. The van der Waals surface area contributed by atoms with Crippen LogP contribution in [0.5, 0.6) is 5.75 Å². The van der Waals surface area contributed by atoms with Gasteiger partial charge in [-0.15, -0.1) is 0 Å². The fourth-order valence-electron chi connectivity index (χ4n) is 3.01. The molecule has 1 heterocycles. The van der Waals surface area contributed by atoms with Gasteiger partial charge in [-0.1, -0.05) is 39.8 Å². The molecule has 0 bridgehead atoms. The Bertz CT molecular complexity index is 441. The van der Waals surface area contributed by atoms with Crippen molar-refractivity contribution in [1.82, 2.24) is 5.32 Å². The Morgan fingerprint density at radius 1 is 1.19 bits per heavy atom. The number of hydrogen-bond acceptors (Lipinski definition) is 2. The third-order valence-electron chi connectivity index (χ3n) is 4.50. The van der Waals surface area contributed by atoms with Gasteiger partial charge >= 0.3 is 0 Å². The second kappa shape index (κ2) is 7.31. The summed E-state index contributed by atoms with van der Waals surface area (Å²) in [6.07, 6.45) is 4.85. The molecule has 118 valence electrons. The number of aryl methyl sites for hydroxylation is 1. The summed E-state index contributed by atoms with van der Waals surface area (Å²) in [5.41, 5.74) is 2.87. The van der Waals surface area contributed by atoms with Crippen LogP contribution < -0.4 is 10.1 Å². The Labute approximate surface area is 130 Å². The molecular formula is C19H31NO. The van der Waals surface area contributed by atoms with E-state index >= 15 is 0 Å². The van der Waals surface area contributed by atoms with Gasteiger partial charge in [-0.2, -0.15) is 0 Å². The fourth-order valence-corrected chi connectivity index (χ4v) is 3.01. The molecule has 1 aliphatic rings. The van der Waals surface area contributed by atoms with E-state index < -0.39 is 0 Å². The molecule has 0 unspecified atom stereocenters. The first-order valence-corrected chi connectivity index (χ1v) is 8.47. The molecule has 0 aliphatic carbocycles. The molecule has 2 heteroatoms. The van der Waals surface area contributed by atoms with Crippen molar-refractivity contribution in [3.05, 3.63) is 29.3 Å². The van der Waals surface area contributed by atoms with Crippen molar-refractivity contribution in [2.45, 2.75) is 58.8 Å². The van der Waals surface area contributed by atoms with Gasteiger partial charge in [0.25, 0.3) is 0 Å². The monoisotopic (exact) mass is 289 g/mol. The first-order chi connectivity index (χ1) is 10.0. The standard InChI is InChI=1S/C19H31NO/c1-5-15-6-7-18(17(14-15)19(2,3)4)21-13-10-16-8-11-20-12-9-16/h6-7,14,16,20H,5,8-13H2,1-4H3. The Kier molecular flexibility index (Phi) is 5.69. The van der Waals surface area contributed by atoms with E-state index in [4.69, 9.17) is 4.74 Å². The summed E-state index contributed by atoms with van der Waals surface area (Å²) in [4.78, 5) is 0. The average Bonchev–Trinajstić information content (AvgIpc) is 2.47. The van der Waals surface area contributed by atoms with E-state index in [1.807, 2.05) is 0 Å². The number of ether oxygens (including phenoxy) is 1. The van der Waals surface area contributed by atoms with Gasteiger partial charge in [0, 0.05) is 0 Å². The summed E-state index contributed by atoms with van der Waals surface area (Å²) in [5, 5.41) is 3.42. The Balaban J connectivity index is 1.98. The lowest BCUT2D eigenvalue weighted by Gasteiger charge is -2.25. The predicted octanol–water partition coefficient (Wildman–Crippen LogP) is 4.32. The minimum Gasteiger partial charge on any atom is -0.493 e. The lowest BCUT2D eigenvalue weighted by atomic mass is 9.85. The number of benzene rings is 1. The van der Waals surface area contributed by atoms with Crippen LogP contribution in [0.25, 0.3) is 0 Å². The molecule has 0 amide bonds. The van der Waals surface area contributed by atoms with Gasteiger partial charge < -0.3 is 10.1 Å². The highest BCUT2D eigenvalue weighted by molar-refractivity contribution is 5.41. The summed E-state index contributed by atoms with van der Waals surface area (Å²) in [6.45, 7) is 12.2. The van der Waals surface area contributed by atoms with Crippen molar-refractivity contribution in [2.24, 2.45) is 5.92 Å². The van der Waals surface area contributed by atoms with Crippen LogP contribution in [0.4, 0.5) is 0 Å². The largest absolute Gasteiger partial charge is 0.493 e. The van der Waals surface area contributed by atoms with Crippen LogP contribution in [0, 0.1) is 5.92 Å². The van der Waals surface area contributed by atoms with Crippen LogP contribution in [0.3, 0.4) is 0 Å². The van der Waals surface area contributed by atoms with Crippen LogP contribution >= 0.6 is 0 Å². The molecule has 21 heavy (non-hydrogen) atoms. The fraction of sp³-hybridized carbons (Fsp3) is 0.684. The van der Waals surface area contributed by atoms with E-state index in [0.717, 1.165) is 24.7 Å². The van der Waals surface area contributed by atoms with E-state index in [1.54, 1.807) is 0 Å². The smallest absolute Gasteiger partial charge is 0.123 e. The Morgan fingerprint density at radius 2 is 1.90 bits per heavy atom. The number of hydrogen-bond donors (Lipinski definition) is 1. The number of rotatable bonds is 5. The first-order valence-electron chi connectivity index (χ1n) is 8.47. The summed E-state index contributed by atoms with van der Waals surface area (Å²) in [5.74, 6) is 1.91. The summed E-state index contributed by atoms with van der Waals surface area (Å²) in [7, 11) is 0. The predicted molar refractivity (Wildman–Crippen MR) is 90.2 cm³/mol. The molecule has 1 N–H and O–H groups in total. The van der Waals surface area contributed by atoms with E-state index in [-0.39, 0.29) is 5.41 Å². The molecule has 1 saturated heterocycles. The van der Waals surface area contributed by atoms with Gasteiger partial charge in [-0.05, 0) is 67.3 Å². The molecule has 1 aliphatic heterocycles. The van der Waals surface area contributed by atoms with E-state index in [0.29, 0.717) is 0 Å². The van der Waals surface area contributed by atoms with Gasteiger partial charge in [-0.25, -0.2) is 0 Å². The van der Waals surface area contributed by atoms with Gasteiger partial charge in [0.05, 0.1) is 6.61 Å². The summed E-state index contributed by atoms with van der Waals surface area (Å²) >= 11 is 0. The molecule has 0 radical (unpaired) electrons. The molecule has 0 aromatic heterocycles. The maximum Gasteiger partial charge on any atom is 0.123 e. The van der Waals surface area contributed by atoms with Crippen molar-refractivity contribution in [3.8, 4) is 5.75 Å². The van der Waals surface area contributed by atoms with Crippen molar-refractivity contribution >= 4 is 0 Å². The highest BCUT2D eigenvalue weighted by Gasteiger charge is 2.20. The van der Waals surface area contributed by atoms with Crippen LogP contribution in [-0.4, -0.2) is 19.7 Å². The molecule has 2 nitrogen and oxygen atoms in total. The topological polar surface area (TPSA) is 21.3 Å². The van der Waals surface area contributed by atoms with Crippen molar-refractivity contribution in [3.63, 3.8) is 0 Å². The minimum absolute atomic E-state index is 0.134. The lowest BCUT2D eigenvalue weighted by molar-refractivity contribution is 0.248. The SMILES string of the molecule is CCc1ccc(OCCC2CCNCC2)c(C(C)(C)C)c1. The number of piperidine rings is 1. The normalized spacial score (nSPS) is 17.0. The van der Waals surface area contributed by atoms with Crippen LogP contribution in [0.2, 0.25) is 0 Å². The highest BCUT2D eigenvalue weighted by Crippen LogP contribution is 2.32. The highest BCUT2D eigenvalue weighted by atomic mass is 16.5. The van der Waals surface area contributed by atoms with Crippen LogP contribution in [0.1, 0.15) is 58.1 Å². The Morgan fingerprint density at radius 3 is 2.52 bits per heavy atom. The second-order valence-electron chi connectivity index (χ2n) is 7.26. The van der Waals surface area contributed by atoms with E-state index in [2.05, 4.69) is 51.2 Å². The van der Waals surface area contributed by atoms with Gasteiger partial charge in [-0.3, -0.25) is 0 Å². The maximum absolute atomic E-state index is 6.15. The molecule has 1 fully saturated rings. The zero-order valence-corrected chi connectivity index (χ0v) is 14.2. The third-order valence-corrected chi connectivity index (χ3v) is 4.50. The molecule has 2 rings (SSSR count). The minimum atomic E-state index is 0.134. The molecule has 0 atom stereocenters. The molecular weight excluding hydrogens is 258 g/mol. The van der Waals surface area contributed by atoms with Crippen LogP contribution in [0.15, 0.2) is 18.2 Å². The number of nitrogens with one attached hydrogen (secondary N) is 1. The summed E-state index contributed by atoms with van der Waals surface area (Å²) < 4.78 is 6.15. The van der Waals surface area contributed by atoms with Crippen molar-refractivity contribution in [2.75, 3.05) is 19.7 Å². The summed E-state index contributed by atoms with van der Waals surface area (Å²) in [6, 6.07) is 6.69. The van der Waals surface area contributed by atoms with Crippen molar-refractivity contribution < 1.29 is 4.74 Å². The van der Waals surface area contributed by atoms with Gasteiger partial charge in [0.15, 0.2) is 0 Å². The zero-order valence-electron chi connectivity index (χ0n) is 14.2. The second-order valence-corrected chi connectivity index (χ2v) is 7.26. The third kappa shape index (κ3) is 4.74. The van der Waals surface area contributed by atoms with Gasteiger partial charge in [0.1, 0.15) is 5.75 Å². The van der Waals surface area contributed by atoms with Crippen LogP contribution in [-0.2, 0) is 11.8 Å². The van der Waals surface area contributed by atoms with Gasteiger partial charge in [0.2, 0.25) is 0 Å². The maximum atomic E-state index is 6.15. The molecule has 0 saturated carbocycles. The quantitative estimate of drug-likeness (QED) is 0.872. The van der Waals surface area contributed by atoms with E-state index in [1.165, 1.54) is 43.5 Å². The lowest BCUT2D eigenvalue weighted by Crippen LogP contribution is -2.28. The molecule has 0 spiro atoms. The molecule has 1 aromatic rings. The Hall–Kier alpha value is -1.02. The van der Waals surface area contributed by atoms with Crippen molar-refractivity contribution in [1.29, 1.82) is 0 Å². The van der Waals surface area contributed by atoms with E-state index in [9.17, 15) is 0 Å².